The lowest BCUT2D eigenvalue weighted by atomic mass is 9.91. The van der Waals surface area contributed by atoms with Gasteiger partial charge in [0, 0.05) is 19.1 Å². The van der Waals surface area contributed by atoms with E-state index < -0.39 is 9.84 Å². The van der Waals surface area contributed by atoms with Crippen molar-refractivity contribution in [1.29, 1.82) is 0 Å². The molecular formula is C12H24N2O3S. The van der Waals surface area contributed by atoms with E-state index in [-0.39, 0.29) is 23.5 Å². The molecule has 0 bridgehead atoms. The van der Waals surface area contributed by atoms with E-state index in [4.69, 9.17) is 5.73 Å². The lowest BCUT2D eigenvalue weighted by Gasteiger charge is -2.39. The average molecular weight is 276 g/mol. The predicted molar refractivity (Wildman–Crippen MR) is 71.9 cm³/mol. The Bertz CT molecular complexity index is 381. The van der Waals surface area contributed by atoms with E-state index in [1.165, 1.54) is 0 Å². The SMILES string of the molecule is CCCS(=O)(=O)CC(=O)N1CCCC(C)C1CN. The summed E-state index contributed by atoms with van der Waals surface area (Å²) >= 11 is 0. The van der Waals surface area contributed by atoms with Crippen LogP contribution in [0, 0.1) is 5.92 Å². The molecule has 1 fully saturated rings. The van der Waals surface area contributed by atoms with Crippen LogP contribution in [0.3, 0.4) is 0 Å². The Balaban J connectivity index is 2.70. The summed E-state index contributed by atoms with van der Waals surface area (Å²) in [5.41, 5.74) is 5.70. The normalized spacial score (nSPS) is 25.2. The van der Waals surface area contributed by atoms with Crippen molar-refractivity contribution in [3.8, 4) is 0 Å². The first-order chi connectivity index (χ1) is 8.41. The van der Waals surface area contributed by atoms with E-state index in [2.05, 4.69) is 6.92 Å². The Morgan fingerprint density at radius 1 is 1.44 bits per heavy atom. The van der Waals surface area contributed by atoms with Crippen molar-refractivity contribution in [3.05, 3.63) is 0 Å². The second-order valence-electron chi connectivity index (χ2n) is 5.10. The molecule has 0 aromatic carbocycles. The van der Waals surface area contributed by atoms with Crippen LogP contribution in [0.25, 0.3) is 0 Å². The van der Waals surface area contributed by atoms with Gasteiger partial charge in [0.25, 0.3) is 0 Å². The van der Waals surface area contributed by atoms with Crippen LogP contribution in [0.15, 0.2) is 0 Å². The van der Waals surface area contributed by atoms with Gasteiger partial charge in [-0.25, -0.2) is 8.42 Å². The molecule has 1 heterocycles. The summed E-state index contributed by atoms with van der Waals surface area (Å²) in [4.78, 5) is 13.8. The van der Waals surface area contributed by atoms with Crippen molar-refractivity contribution in [2.75, 3.05) is 24.6 Å². The number of hydrogen-bond acceptors (Lipinski definition) is 4. The highest BCUT2D eigenvalue weighted by atomic mass is 32.2. The van der Waals surface area contributed by atoms with E-state index in [0.29, 0.717) is 25.4 Å². The summed E-state index contributed by atoms with van der Waals surface area (Å²) in [6.07, 6.45) is 2.52. The van der Waals surface area contributed by atoms with E-state index >= 15 is 0 Å². The summed E-state index contributed by atoms with van der Waals surface area (Å²) in [5.74, 6) is -0.230. The third kappa shape index (κ3) is 3.95. The summed E-state index contributed by atoms with van der Waals surface area (Å²) in [5, 5.41) is 0. The number of piperidine rings is 1. The topological polar surface area (TPSA) is 80.5 Å². The number of nitrogens with two attached hydrogens (primary N) is 1. The van der Waals surface area contributed by atoms with Crippen LogP contribution in [-0.4, -0.2) is 49.9 Å². The van der Waals surface area contributed by atoms with Crippen LogP contribution in [0.2, 0.25) is 0 Å². The maximum absolute atomic E-state index is 12.1. The molecular weight excluding hydrogens is 252 g/mol. The van der Waals surface area contributed by atoms with Gasteiger partial charge in [0.15, 0.2) is 9.84 Å². The number of nitrogens with zero attached hydrogens (tertiary/aromatic N) is 1. The molecule has 0 saturated carbocycles. The predicted octanol–water partition coefficient (Wildman–Crippen LogP) is 0.397. The first-order valence-electron chi connectivity index (χ1n) is 6.61. The van der Waals surface area contributed by atoms with Crippen LogP contribution in [0.1, 0.15) is 33.1 Å². The number of carbonyl (C=O) groups excluding carboxylic acids is 1. The van der Waals surface area contributed by atoms with Gasteiger partial charge in [-0.1, -0.05) is 13.8 Å². The monoisotopic (exact) mass is 276 g/mol. The summed E-state index contributed by atoms with van der Waals surface area (Å²) in [7, 11) is -3.26. The Kier molecular flexibility index (Phi) is 5.59. The summed E-state index contributed by atoms with van der Waals surface area (Å²) in [6.45, 7) is 4.90. The molecule has 2 atom stereocenters. The quantitative estimate of drug-likeness (QED) is 0.788. The number of rotatable bonds is 5. The molecule has 0 radical (unpaired) electrons. The number of sulfone groups is 1. The molecule has 1 amide bonds. The largest absolute Gasteiger partial charge is 0.337 e. The van der Waals surface area contributed by atoms with Crippen LogP contribution in [0.4, 0.5) is 0 Å². The van der Waals surface area contributed by atoms with Crippen molar-refractivity contribution in [3.63, 3.8) is 0 Å². The van der Waals surface area contributed by atoms with Gasteiger partial charge in [-0.2, -0.15) is 0 Å². The fourth-order valence-electron chi connectivity index (χ4n) is 2.57. The highest BCUT2D eigenvalue weighted by Gasteiger charge is 2.32. The molecule has 0 aliphatic carbocycles. The molecule has 18 heavy (non-hydrogen) atoms. The van der Waals surface area contributed by atoms with E-state index in [1.807, 2.05) is 0 Å². The molecule has 2 unspecified atom stereocenters. The van der Waals surface area contributed by atoms with E-state index in [1.54, 1.807) is 11.8 Å². The Morgan fingerprint density at radius 2 is 2.11 bits per heavy atom. The van der Waals surface area contributed by atoms with Crippen molar-refractivity contribution < 1.29 is 13.2 Å². The molecule has 5 nitrogen and oxygen atoms in total. The molecule has 106 valence electrons. The minimum atomic E-state index is -3.26. The first kappa shape index (κ1) is 15.4. The minimum absolute atomic E-state index is 0.0110. The number of likely N-dealkylation sites (tertiary alicyclic amines) is 1. The molecule has 0 spiro atoms. The lowest BCUT2D eigenvalue weighted by Crippen LogP contribution is -2.52. The van der Waals surface area contributed by atoms with Gasteiger partial charge < -0.3 is 10.6 Å². The summed E-state index contributed by atoms with van der Waals surface area (Å²) in [6, 6.07) is -0.0110. The average Bonchev–Trinajstić information content (AvgIpc) is 2.27. The fraction of sp³-hybridized carbons (Fsp3) is 0.917. The van der Waals surface area contributed by atoms with Gasteiger partial charge >= 0.3 is 0 Å². The third-order valence-corrected chi connectivity index (χ3v) is 5.25. The number of hydrogen-bond donors (Lipinski definition) is 1. The van der Waals surface area contributed by atoms with Gasteiger partial charge in [-0.15, -0.1) is 0 Å². The zero-order chi connectivity index (χ0) is 13.8. The molecule has 0 aromatic heterocycles. The van der Waals surface area contributed by atoms with Gasteiger partial charge in [0.1, 0.15) is 5.75 Å². The zero-order valence-electron chi connectivity index (χ0n) is 11.3. The maximum atomic E-state index is 12.1. The Morgan fingerprint density at radius 3 is 2.67 bits per heavy atom. The van der Waals surface area contributed by atoms with Crippen LogP contribution < -0.4 is 5.73 Å². The standard InChI is InChI=1S/C12H24N2O3S/c1-3-7-18(16,17)9-12(15)14-6-4-5-10(2)11(14)8-13/h10-11H,3-9,13H2,1-2H3. The number of carbonyl (C=O) groups is 1. The second-order valence-corrected chi connectivity index (χ2v) is 7.29. The first-order valence-corrected chi connectivity index (χ1v) is 8.43. The summed E-state index contributed by atoms with van der Waals surface area (Å²) < 4.78 is 23.4. The molecule has 2 N–H and O–H groups in total. The van der Waals surface area contributed by atoms with Gasteiger partial charge in [-0.3, -0.25) is 4.79 Å². The molecule has 1 saturated heterocycles. The molecule has 6 heteroatoms. The third-order valence-electron chi connectivity index (χ3n) is 3.54. The molecule has 1 rings (SSSR count). The van der Waals surface area contributed by atoms with Crippen molar-refractivity contribution in [1.82, 2.24) is 4.90 Å². The van der Waals surface area contributed by atoms with Crippen LogP contribution >= 0.6 is 0 Å². The van der Waals surface area contributed by atoms with Crippen molar-refractivity contribution in [2.24, 2.45) is 11.7 Å². The second kappa shape index (κ2) is 6.52. The highest BCUT2D eigenvalue weighted by Crippen LogP contribution is 2.22. The molecule has 1 aliphatic heterocycles. The Hall–Kier alpha value is -0.620. The smallest absolute Gasteiger partial charge is 0.238 e. The van der Waals surface area contributed by atoms with Crippen molar-refractivity contribution >= 4 is 15.7 Å². The van der Waals surface area contributed by atoms with Gasteiger partial charge in [0.2, 0.25) is 5.91 Å². The maximum Gasteiger partial charge on any atom is 0.238 e. The zero-order valence-corrected chi connectivity index (χ0v) is 12.1. The van der Waals surface area contributed by atoms with Gasteiger partial charge in [0.05, 0.1) is 5.75 Å². The number of amides is 1. The highest BCUT2D eigenvalue weighted by molar-refractivity contribution is 7.92. The van der Waals surface area contributed by atoms with E-state index in [9.17, 15) is 13.2 Å². The molecule has 0 aromatic rings. The lowest BCUT2D eigenvalue weighted by molar-refractivity contribution is -0.133. The minimum Gasteiger partial charge on any atom is -0.337 e. The van der Waals surface area contributed by atoms with Crippen LogP contribution in [-0.2, 0) is 14.6 Å². The van der Waals surface area contributed by atoms with E-state index in [0.717, 1.165) is 12.8 Å². The fourth-order valence-corrected chi connectivity index (χ4v) is 3.88. The van der Waals surface area contributed by atoms with Crippen molar-refractivity contribution in [2.45, 2.75) is 39.2 Å². The molecule has 1 aliphatic rings. The Labute approximate surface area is 110 Å². The van der Waals surface area contributed by atoms with Crippen LogP contribution in [0.5, 0.6) is 0 Å². The van der Waals surface area contributed by atoms with Gasteiger partial charge in [-0.05, 0) is 25.2 Å².